The average molecular weight is 353 g/mol. The van der Waals surface area contributed by atoms with Crippen molar-refractivity contribution in [1.29, 1.82) is 0 Å². The summed E-state index contributed by atoms with van der Waals surface area (Å²) in [5, 5.41) is 6.84. The van der Waals surface area contributed by atoms with Crippen molar-refractivity contribution >= 4 is 5.69 Å². The van der Waals surface area contributed by atoms with E-state index in [9.17, 15) is 0 Å². The van der Waals surface area contributed by atoms with Gasteiger partial charge in [-0.1, -0.05) is 42.5 Å². The topological polar surface area (TPSA) is 45.8 Å². The summed E-state index contributed by atoms with van der Waals surface area (Å²) in [4.78, 5) is 2.40. The summed E-state index contributed by atoms with van der Waals surface area (Å²) in [5.74, 6) is 0.928. The minimum atomic E-state index is -0.131. The fraction of sp³-hybridized carbons (Fsp3) is 0.429. The minimum Gasteiger partial charge on any atom is -0.481 e. The highest BCUT2D eigenvalue weighted by molar-refractivity contribution is 5.59. The lowest BCUT2D eigenvalue weighted by atomic mass is 10.0. The van der Waals surface area contributed by atoms with Crippen LogP contribution in [0.25, 0.3) is 0 Å². The number of para-hydroxylation sites is 2. The number of nitrogens with one attached hydrogen (secondary N) is 2. The van der Waals surface area contributed by atoms with E-state index in [0.29, 0.717) is 0 Å². The molecule has 0 saturated carbocycles. The predicted octanol–water partition coefficient (Wildman–Crippen LogP) is 2.20. The molecule has 2 heterocycles. The highest BCUT2D eigenvalue weighted by Crippen LogP contribution is 2.34. The van der Waals surface area contributed by atoms with E-state index in [1.165, 1.54) is 5.69 Å². The highest BCUT2D eigenvalue weighted by atomic mass is 16.5. The number of anilines is 1. The molecule has 2 aromatic rings. The molecule has 2 aliphatic rings. The second kappa shape index (κ2) is 8.54. The van der Waals surface area contributed by atoms with Crippen LogP contribution in [0.2, 0.25) is 0 Å². The highest BCUT2D eigenvalue weighted by Gasteiger charge is 2.29. The van der Waals surface area contributed by atoms with Crippen molar-refractivity contribution in [3.05, 3.63) is 60.2 Å². The summed E-state index contributed by atoms with van der Waals surface area (Å²) >= 11 is 0. The summed E-state index contributed by atoms with van der Waals surface area (Å²) in [6, 6.07) is 18.8. The first-order valence-corrected chi connectivity index (χ1v) is 9.50. The lowest BCUT2D eigenvalue weighted by Gasteiger charge is -2.34. The summed E-state index contributed by atoms with van der Waals surface area (Å²) in [6.45, 7) is 6.43. The molecule has 0 aromatic heterocycles. The fourth-order valence-electron chi connectivity index (χ4n) is 3.64. The van der Waals surface area contributed by atoms with E-state index in [0.717, 1.165) is 57.2 Å². The quantitative estimate of drug-likeness (QED) is 0.863. The Balaban J connectivity index is 1.61. The number of morpholine rings is 1. The first-order chi connectivity index (χ1) is 12.9. The van der Waals surface area contributed by atoms with E-state index in [4.69, 9.17) is 9.47 Å². The maximum atomic E-state index is 6.60. The van der Waals surface area contributed by atoms with E-state index >= 15 is 0 Å². The fourth-order valence-corrected chi connectivity index (χ4v) is 3.64. The molecule has 0 unspecified atom stereocenters. The van der Waals surface area contributed by atoms with Crippen LogP contribution in [-0.4, -0.2) is 52.0 Å². The molecule has 5 heteroatoms. The third-order valence-electron chi connectivity index (χ3n) is 5.00. The van der Waals surface area contributed by atoms with Crippen molar-refractivity contribution in [2.24, 2.45) is 0 Å². The number of piperazine rings is 1. The van der Waals surface area contributed by atoms with Gasteiger partial charge in [0.15, 0.2) is 6.10 Å². The summed E-state index contributed by atoms with van der Waals surface area (Å²) in [6.07, 6.45) is -0.129. The van der Waals surface area contributed by atoms with E-state index in [1.807, 2.05) is 12.1 Å². The van der Waals surface area contributed by atoms with Gasteiger partial charge < -0.3 is 25.0 Å². The van der Waals surface area contributed by atoms with Crippen molar-refractivity contribution in [1.82, 2.24) is 10.6 Å². The van der Waals surface area contributed by atoms with Crippen LogP contribution >= 0.6 is 0 Å². The van der Waals surface area contributed by atoms with E-state index in [-0.39, 0.29) is 12.2 Å². The standard InChI is InChI=1S/C21H27N3O2/c1-2-6-17(7-3-1)21(20-16-23-12-15-25-20)26-19-9-5-4-8-18(19)24-13-10-22-11-14-24/h1-9,20-23H,10-16H2/t20-,21-/m0/s1. The normalized spacial score (nSPS) is 22.0. The van der Waals surface area contributed by atoms with Crippen molar-refractivity contribution in [2.75, 3.05) is 50.8 Å². The van der Waals surface area contributed by atoms with Gasteiger partial charge in [0, 0.05) is 39.3 Å². The lowest BCUT2D eigenvalue weighted by Crippen LogP contribution is -2.44. The largest absolute Gasteiger partial charge is 0.481 e. The van der Waals surface area contributed by atoms with E-state index in [1.54, 1.807) is 0 Å². The zero-order chi connectivity index (χ0) is 17.6. The molecule has 2 aliphatic heterocycles. The molecule has 2 N–H and O–H groups in total. The van der Waals surface area contributed by atoms with Gasteiger partial charge in [-0.15, -0.1) is 0 Å². The molecule has 2 saturated heterocycles. The zero-order valence-electron chi connectivity index (χ0n) is 15.1. The summed E-state index contributed by atoms with van der Waals surface area (Å²) < 4.78 is 12.6. The van der Waals surface area contributed by atoms with Crippen LogP contribution in [0.3, 0.4) is 0 Å². The smallest absolute Gasteiger partial charge is 0.151 e. The Bertz CT molecular complexity index is 683. The zero-order valence-corrected chi connectivity index (χ0v) is 15.1. The number of rotatable bonds is 5. The van der Waals surface area contributed by atoms with Gasteiger partial charge in [0.05, 0.1) is 12.3 Å². The van der Waals surface area contributed by atoms with Gasteiger partial charge in [0.25, 0.3) is 0 Å². The van der Waals surface area contributed by atoms with Crippen LogP contribution in [0, 0.1) is 0 Å². The van der Waals surface area contributed by atoms with Crippen LogP contribution in [-0.2, 0) is 4.74 Å². The van der Waals surface area contributed by atoms with Crippen molar-refractivity contribution < 1.29 is 9.47 Å². The van der Waals surface area contributed by atoms with Gasteiger partial charge in [0.1, 0.15) is 11.9 Å². The van der Waals surface area contributed by atoms with Crippen molar-refractivity contribution in [2.45, 2.75) is 12.2 Å². The molecule has 0 radical (unpaired) electrons. The van der Waals surface area contributed by atoms with E-state index < -0.39 is 0 Å². The van der Waals surface area contributed by atoms with E-state index in [2.05, 4.69) is 58.0 Å². The Kier molecular flexibility index (Phi) is 5.69. The molecule has 2 atom stereocenters. The number of hydrogen-bond acceptors (Lipinski definition) is 5. The third kappa shape index (κ3) is 4.01. The average Bonchev–Trinajstić information content (AvgIpc) is 2.74. The molecule has 0 aliphatic carbocycles. The molecule has 138 valence electrons. The Morgan fingerprint density at radius 3 is 2.46 bits per heavy atom. The Hall–Kier alpha value is -2.08. The van der Waals surface area contributed by atoms with Crippen molar-refractivity contribution in [3.8, 4) is 5.75 Å². The van der Waals surface area contributed by atoms with Gasteiger partial charge in [0.2, 0.25) is 0 Å². The molecule has 0 amide bonds. The molecular weight excluding hydrogens is 326 g/mol. The molecule has 4 rings (SSSR count). The van der Waals surface area contributed by atoms with Crippen molar-refractivity contribution in [3.63, 3.8) is 0 Å². The lowest BCUT2D eigenvalue weighted by molar-refractivity contribution is -0.0431. The number of nitrogens with zero attached hydrogens (tertiary/aromatic N) is 1. The molecule has 26 heavy (non-hydrogen) atoms. The Labute approximate surface area is 155 Å². The van der Waals surface area contributed by atoms with Crippen LogP contribution < -0.4 is 20.3 Å². The van der Waals surface area contributed by atoms with Crippen LogP contribution in [0.15, 0.2) is 54.6 Å². The Morgan fingerprint density at radius 2 is 1.69 bits per heavy atom. The first-order valence-electron chi connectivity index (χ1n) is 9.50. The second-order valence-electron chi connectivity index (χ2n) is 6.77. The number of hydrogen-bond donors (Lipinski definition) is 2. The first kappa shape index (κ1) is 17.3. The van der Waals surface area contributed by atoms with Gasteiger partial charge in [-0.2, -0.15) is 0 Å². The SMILES string of the molecule is c1ccc([C@H](Oc2ccccc2N2CCNCC2)[C@@H]2CNCCO2)cc1. The van der Waals surface area contributed by atoms with Gasteiger partial charge in [-0.25, -0.2) is 0 Å². The summed E-state index contributed by atoms with van der Waals surface area (Å²) in [5.41, 5.74) is 2.31. The molecule has 0 bridgehead atoms. The maximum absolute atomic E-state index is 6.60. The van der Waals surface area contributed by atoms with Gasteiger partial charge in [-0.3, -0.25) is 0 Å². The third-order valence-corrected chi connectivity index (χ3v) is 5.00. The molecule has 2 fully saturated rings. The number of benzene rings is 2. The van der Waals surface area contributed by atoms with Crippen LogP contribution in [0.4, 0.5) is 5.69 Å². The van der Waals surface area contributed by atoms with Gasteiger partial charge in [-0.05, 0) is 17.7 Å². The van der Waals surface area contributed by atoms with Gasteiger partial charge >= 0.3 is 0 Å². The predicted molar refractivity (Wildman–Crippen MR) is 104 cm³/mol. The van der Waals surface area contributed by atoms with Crippen LogP contribution in [0.1, 0.15) is 11.7 Å². The van der Waals surface area contributed by atoms with Crippen LogP contribution in [0.5, 0.6) is 5.75 Å². The molecular formula is C21H27N3O2. The monoisotopic (exact) mass is 353 g/mol. The number of ether oxygens (including phenoxy) is 2. The molecule has 2 aromatic carbocycles. The molecule has 5 nitrogen and oxygen atoms in total. The second-order valence-corrected chi connectivity index (χ2v) is 6.77. The Morgan fingerprint density at radius 1 is 0.923 bits per heavy atom. The summed E-state index contributed by atoms with van der Waals surface area (Å²) in [7, 11) is 0. The minimum absolute atomic E-state index is 0.00206. The molecule has 0 spiro atoms. The maximum Gasteiger partial charge on any atom is 0.151 e.